The Morgan fingerprint density at radius 3 is 2.59 bits per heavy atom. The summed E-state index contributed by atoms with van der Waals surface area (Å²) >= 11 is 1.12. The van der Waals surface area contributed by atoms with E-state index in [2.05, 4.69) is 5.32 Å². The molecule has 0 aliphatic carbocycles. The molecule has 0 aliphatic heterocycles. The fourth-order valence-electron chi connectivity index (χ4n) is 1.85. The van der Waals surface area contributed by atoms with Crippen molar-refractivity contribution in [1.82, 2.24) is 5.32 Å². The Morgan fingerprint density at radius 1 is 1.27 bits per heavy atom. The fourth-order valence-corrected chi connectivity index (χ4v) is 2.67. The summed E-state index contributed by atoms with van der Waals surface area (Å²) < 4.78 is 26.1. The van der Waals surface area contributed by atoms with Crippen LogP contribution in [0, 0.1) is 11.6 Å². The van der Waals surface area contributed by atoms with Gasteiger partial charge in [0.2, 0.25) is 5.91 Å². The van der Waals surface area contributed by atoms with Crippen LogP contribution in [0.5, 0.6) is 0 Å². The maximum atomic E-state index is 13.2. The Morgan fingerprint density at radius 2 is 2.00 bits per heavy atom. The first-order valence-electron chi connectivity index (χ1n) is 6.50. The van der Waals surface area contributed by atoms with Crippen molar-refractivity contribution in [1.29, 1.82) is 0 Å². The molecule has 1 aromatic heterocycles. The first-order chi connectivity index (χ1) is 10.4. The number of amides is 2. The van der Waals surface area contributed by atoms with Gasteiger partial charge in [-0.3, -0.25) is 9.59 Å². The van der Waals surface area contributed by atoms with E-state index >= 15 is 0 Å². The van der Waals surface area contributed by atoms with Crippen LogP contribution in [0.3, 0.4) is 0 Å². The highest BCUT2D eigenvalue weighted by Gasteiger charge is 2.14. The molecule has 4 nitrogen and oxygen atoms in total. The van der Waals surface area contributed by atoms with Crippen LogP contribution in [0.2, 0.25) is 0 Å². The van der Waals surface area contributed by atoms with Crippen LogP contribution in [-0.2, 0) is 0 Å². The number of thiophene rings is 1. The van der Waals surface area contributed by atoms with Crippen molar-refractivity contribution >= 4 is 23.2 Å². The third kappa shape index (κ3) is 3.67. The summed E-state index contributed by atoms with van der Waals surface area (Å²) in [5, 5.41) is 4.20. The number of nitrogens with one attached hydrogen (secondary N) is 1. The van der Waals surface area contributed by atoms with Crippen LogP contribution in [-0.4, -0.2) is 18.4 Å². The van der Waals surface area contributed by atoms with Crippen molar-refractivity contribution in [3.8, 4) is 0 Å². The van der Waals surface area contributed by atoms with E-state index < -0.39 is 17.5 Å². The van der Waals surface area contributed by atoms with Crippen LogP contribution >= 0.6 is 11.3 Å². The van der Waals surface area contributed by atoms with E-state index in [1.54, 1.807) is 6.92 Å². The average Bonchev–Trinajstić information content (AvgIpc) is 2.97. The zero-order chi connectivity index (χ0) is 16.3. The predicted octanol–water partition coefficient (Wildman–Crippen LogP) is 2.66. The summed E-state index contributed by atoms with van der Waals surface area (Å²) in [6.45, 7) is 2.05. The predicted molar refractivity (Wildman–Crippen MR) is 79.9 cm³/mol. The van der Waals surface area contributed by atoms with Crippen LogP contribution in [0.15, 0.2) is 29.6 Å². The molecule has 0 saturated heterocycles. The highest BCUT2D eigenvalue weighted by atomic mass is 32.1. The van der Waals surface area contributed by atoms with Crippen LogP contribution in [0.1, 0.15) is 38.4 Å². The lowest BCUT2D eigenvalue weighted by Gasteiger charge is -2.13. The Balaban J connectivity index is 1.97. The maximum Gasteiger partial charge on any atom is 0.261 e. The number of carbonyl (C=O) groups excluding carboxylic acids is 2. The first kappa shape index (κ1) is 16.1. The smallest absolute Gasteiger partial charge is 0.261 e. The molecule has 0 unspecified atom stereocenters. The molecule has 1 heterocycles. The summed E-state index contributed by atoms with van der Waals surface area (Å²) in [5.41, 5.74) is 5.99. The van der Waals surface area contributed by atoms with Gasteiger partial charge in [0.25, 0.3) is 5.91 Å². The molecule has 0 fully saturated rings. The van der Waals surface area contributed by atoms with Gasteiger partial charge < -0.3 is 11.1 Å². The molecule has 0 radical (unpaired) electrons. The van der Waals surface area contributed by atoms with Crippen molar-refractivity contribution in [2.24, 2.45) is 5.73 Å². The highest BCUT2D eigenvalue weighted by Crippen LogP contribution is 2.18. The van der Waals surface area contributed by atoms with Gasteiger partial charge in [0.05, 0.1) is 10.4 Å². The molecule has 22 heavy (non-hydrogen) atoms. The monoisotopic (exact) mass is 324 g/mol. The van der Waals surface area contributed by atoms with Crippen LogP contribution in [0.25, 0.3) is 0 Å². The second-order valence-corrected chi connectivity index (χ2v) is 5.76. The van der Waals surface area contributed by atoms with Gasteiger partial charge >= 0.3 is 0 Å². The van der Waals surface area contributed by atoms with E-state index in [0.29, 0.717) is 10.4 Å². The lowest BCUT2D eigenvalue weighted by atomic mass is 10.0. The SMILES string of the molecule is C[C@@H](CNC(=O)c1cc(C(N)=O)cs1)c1ccc(F)c(F)c1. The third-order valence-corrected chi connectivity index (χ3v) is 4.12. The molecule has 116 valence electrons. The topological polar surface area (TPSA) is 72.2 Å². The van der Waals surface area contributed by atoms with E-state index in [9.17, 15) is 18.4 Å². The largest absolute Gasteiger partial charge is 0.366 e. The molecule has 0 bridgehead atoms. The number of hydrogen-bond acceptors (Lipinski definition) is 3. The van der Waals surface area contributed by atoms with Gasteiger partial charge in [0.15, 0.2) is 11.6 Å². The standard InChI is InChI=1S/C15H14F2N2O2S/c1-8(9-2-3-11(16)12(17)4-9)6-19-15(21)13-5-10(7-22-13)14(18)20/h2-5,7-8H,6H2,1H3,(H2,18,20)(H,19,21)/t8-/m0/s1. The molecule has 2 amide bonds. The minimum absolute atomic E-state index is 0.186. The summed E-state index contributed by atoms with van der Waals surface area (Å²) in [5.74, 6) is -2.94. The molecule has 0 aliphatic rings. The van der Waals surface area contributed by atoms with Gasteiger partial charge in [0, 0.05) is 11.9 Å². The van der Waals surface area contributed by atoms with Crippen molar-refractivity contribution < 1.29 is 18.4 Å². The van der Waals surface area contributed by atoms with E-state index in [0.717, 1.165) is 23.5 Å². The number of nitrogens with two attached hydrogens (primary N) is 1. The average molecular weight is 324 g/mol. The van der Waals surface area contributed by atoms with Crippen molar-refractivity contribution in [2.75, 3.05) is 6.54 Å². The molecule has 1 aromatic carbocycles. The number of primary amides is 1. The minimum atomic E-state index is -0.917. The highest BCUT2D eigenvalue weighted by molar-refractivity contribution is 7.12. The summed E-state index contributed by atoms with van der Waals surface area (Å²) in [6, 6.07) is 5.07. The zero-order valence-electron chi connectivity index (χ0n) is 11.7. The van der Waals surface area contributed by atoms with Crippen molar-refractivity contribution in [3.63, 3.8) is 0 Å². The van der Waals surface area contributed by atoms with E-state index in [4.69, 9.17) is 5.73 Å². The van der Waals surface area contributed by atoms with E-state index in [1.807, 2.05) is 0 Å². The van der Waals surface area contributed by atoms with Crippen molar-refractivity contribution in [3.05, 3.63) is 57.3 Å². The Bertz CT molecular complexity index is 715. The van der Waals surface area contributed by atoms with Gasteiger partial charge in [-0.1, -0.05) is 13.0 Å². The van der Waals surface area contributed by atoms with Crippen LogP contribution < -0.4 is 11.1 Å². The maximum absolute atomic E-state index is 13.2. The Labute approximate surface area is 129 Å². The zero-order valence-corrected chi connectivity index (χ0v) is 12.5. The number of carbonyl (C=O) groups is 2. The number of benzene rings is 1. The van der Waals surface area contributed by atoms with Gasteiger partial charge in [-0.25, -0.2) is 8.78 Å². The molecular formula is C15H14F2N2O2S. The number of rotatable bonds is 5. The number of halogens is 2. The van der Waals surface area contributed by atoms with Crippen LogP contribution in [0.4, 0.5) is 8.78 Å². The minimum Gasteiger partial charge on any atom is -0.366 e. The van der Waals surface area contributed by atoms with Gasteiger partial charge in [-0.15, -0.1) is 11.3 Å². The second kappa shape index (κ2) is 6.65. The molecule has 0 spiro atoms. The van der Waals surface area contributed by atoms with Gasteiger partial charge in [0.1, 0.15) is 0 Å². The number of hydrogen-bond donors (Lipinski definition) is 2. The molecule has 7 heteroatoms. The van der Waals surface area contributed by atoms with Gasteiger partial charge in [-0.05, 0) is 29.7 Å². The summed E-state index contributed by atoms with van der Waals surface area (Å²) in [6.07, 6.45) is 0. The lowest BCUT2D eigenvalue weighted by Crippen LogP contribution is -2.27. The molecular weight excluding hydrogens is 310 g/mol. The Hall–Kier alpha value is -2.28. The fraction of sp³-hybridized carbons (Fsp3) is 0.200. The quantitative estimate of drug-likeness (QED) is 0.887. The van der Waals surface area contributed by atoms with E-state index in [1.165, 1.54) is 17.5 Å². The summed E-state index contributed by atoms with van der Waals surface area (Å²) in [4.78, 5) is 23.3. The second-order valence-electron chi connectivity index (χ2n) is 4.85. The normalized spacial score (nSPS) is 12.0. The lowest BCUT2D eigenvalue weighted by molar-refractivity contribution is 0.0955. The molecule has 3 N–H and O–H groups in total. The van der Waals surface area contributed by atoms with Crippen molar-refractivity contribution in [2.45, 2.75) is 12.8 Å². The van der Waals surface area contributed by atoms with Gasteiger partial charge in [-0.2, -0.15) is 0 Å². The molecule has 0 saturated carbocycles. The molecule has 2 rings (SSSR count). The first-order valence-corrected chi connectivity index (χ1v) is 7.38. The summed E-state index contributed by atoms with van der Waals surface area (Å²) in [7, 11) is 0. The Kier molecular flexibility index (Phi) is 4.87. The molecule has 2 aromatic rings. The molecule has 1 atom stereocenters. The van der Waals surface area contributed by atoms with E-state index in [-0.39, 0.29) is 23.9 Å². The third-order valence-electron chi connectivity index (χ3n) is 3.19.